The molecule has 3 fully saturated rings. The molecule has 21 heavy (non-hydrogen) atoms. The summed E-state index contributed by atoms with van der Waals surface area (Å²) in [5.74, 6) is 2.13. The van der Waals surface area contributed by atoms with Crippen molar-refractivity contribution >= 4 is 7.12 Å². The number of ether oxygens (including phenoxy) is 1. The van der Waals surface area contributed by atoms with E-state index >= 15 is 0 Å². The van der Waals surface area contributed by atoms with Crippen molar-refractivity contribution in [1.82, 2.24) is 4.90 Å². The summed E-state index contributed by atoms with van der Waals surface area (Å²) in [5.41, 5.74) is -0.146. The van der Waals surface area contributed by atoms with Gasteiger partial charge in [0, 0.05) is 25.0 Å². The van der Waals surface area contributed by atoms with E-state index in [0.29, 0.717) is 5.41 Å². The molecule has 118 valence electrons. The molecule has 0 aromatic rings. The Labute approximate surface area is 128 Å². The fourth-order valence-electron chi connectivity index (χ4n) is 2.99. The van der Waals surface area contributed by atoms with Crippen LogP contribution in [0.3, 0.4) is 0 Å². The van der Waals surface area contributed by atoms with Gasteiger partial charge in [-0.15, -0.1) is 0 Å². The van der Waals surface area contributed by atoms with Gasteiger partial charge in [-0.1, -0.05) is 12.1 Å². The summed E-state index contributed by atoms with van der Waals surface area (Å²) in [7, 11) is -0.211. The third-order valence-electron chi connectivity index (χ3n) is 5.41. The Morgan fingerprint density at radius 2 is 1.57 bits per heavy atom. The molecule has 3 rings (SSSR count). The molecule has 0 unspecified atom stereocenters. The highest BCUT2D eigenvalue weighted by Gasteiger charge is 2.51. The van der Waals surface area contributed by atoms with Gasteiger partial charge in [0.2, 0.25) is 0 Å². The molecule has 0 amide bonds. The summed E-state index contributed by atoms with van der Waals surface area (Å²) >= 11 is 0. The highest BCUT2D eigenvalue weighted by atomic mass is 16.7. The Kier molecular flexibility index (Phi) is 3.98. The van der Waals surface area contributed by atoms with Gasteiger partial charge < -0.3 is 14.0 Å². The highest BCUT2D eigenvalue weighted by molar-refractivity contribution is 6.51. The van der Waals surface area contributed by atoms with Gasteiger partial charge in [-0.2, -0.15) is 0 Å². The summed E-state index contributed by atoms with van der Waals surface area (Å²) in [6.45, 7) is 13.4. The Balaban J connectivity index is 1.56. The molecule has 3 aliphatic rings. The Morgan fingerprint density at radius 1 is 1.00 bits per heavy atom. The molecule has 0 radical (unpaired) electrons. The number of hydrogen-bond acceptors (Lipinski definition) is 4. The largest absolute Gasteiger partial charge is 0.486 e. The molecule has 0 N–H and O–H groups in total. The van der Waals surface area contributed by atoms with E-state index in [-0.39, 0.29) is 18.3 Å². The molecular weight excluding hydrogens is 265 g/mol. The molecule has 0 aromatic carbocycles. The van der Waals surface area contributed by atoms with Crippen LogP contribution in [0.4, 0.5) is 0 Å². The average Bonchev–Trinajstić information content (AvgIpc) is 3.12. The fraction of sp³-hybridized carbons (Fsp3) is 0.875. The molecule has 0 bridgehead atoms. The molecule has 0 spiro atoms. The zero-order valence-electron chi connectivity index (χ0n) is 13.9. The minimum Gasteiger partial charge on any atom is -0.400 e. The van der Waals surface area contributed by atoms with E-state index in [9.17, 15) is 0 Å². The lowest BCUT2D eigenvalue weighted by Crippen LogP contribution is -2.41. The second kappa shape index (κ2) is 5.37. The topological polar surface area (TPSA) is 30.9 Å². The Hall–Kier alpha value is -0.355. The molecule has 1 aliphatic carbocycles. The van der Waals surface area contributed by atoms with Gasteiger partial charge in [0.15, 0.2) is 0 Å². The van der Waals surface area contributed by atoms with E-state index in [1.54, 1.807) is 0 Å². The first-order valence-corrected chi connectivity index (χ1v) is 8.17. The standard InChI is InChI=1S/C16H28BNO3/c1-14(2)15(3,4)21-17(20-14)8-7-16(5-6-16)13-18-9-11-19-12-10-18/h7-8H,5-6,9-13H2,1-4H3/b8-7+. The lowest BCUT2D eigenvalue weighted by atomic mass is 9.87. The quantitative estimate of drug-likeness (QED) is 0.744. The van der Waals surface area contributed by atoms with Crippen molar-refractivity contribution in [3.05, 3.63) is 12.1 Å². The van der Waals surface area contributed by atoms with Crippen molar-refractivity contribution in [2.45, 2.75) is 51.7 Å². The van der Waals surface area contributed by atoms with Gasteiger partial charge in [-0.25, -0.2) is 0 Å². The lowest BCUT2D eigenvalue weighted by Gasteiger charge is -2.32. The summed E-state index contributed by atoms with van der Waals surface area (Å²) in [4.78, 5) is 2.52. The predicted octanol–water partition coefficient (Wildman–Crippen LogP) is 2.29. The third-order valence-corrected chi connectivity index (χ3v) is 5.41. The van der Waals surface area contributed by atoms with E-state index < -0.39 is 0 Å². The molecule has 4 nitrogen and oxygen atoms in total. The molecule has 2 saturated heterocycles. The Bertz CT molecular complexity index is 396. The smallest absolute Gasteiger partial charge is 0.400 e. The monoisotopic (exact) mass is 293 g/mol. The molecular formula is C16H28BNO3. The minimum atomic E-state index is -0.247. The summed E-state index contributed by atoms with van der Waals surface area (Å²) in [6, 6.07) is 0. The van der Waals surface area contributed by atoms with Crippen molar-refractivity contribution in [2.24, 2.45) is 5.41 Å². The van der Waals surface area contributed by atoms with Gasteiger partial charge in [-0.3, -0.25) is 4.90 Å². The minimum absolute atomic E-state index is 0.211. The average molecular weight is 293 g/mol. The second-order valence-corrected chi connectivity index (χ2v) is 7.73. The SMILES string of the molecule is CC1(C)OB(/C=C/C2(CN3CCOCC3)CC2)OC1(C)C. The number of nitrogens with zero attached hydrogens (tertiary/aromatic N) is 1. The molecule has 2 aliphatic heterocycles. The maximum atomic E-state index is 6.03. The van der Waals surface area contributed by atoms with Crippen LogP contribution >= 0.6 is 0 Å². The van der Waals surface area contributed by atoms with Crippen LogP contribution in [0.5, 0.6) is 0 Å². The van der Waals surface area contributed by atoms with Crippen LogP contribution in [-0.4, -0.2) is 56.1 Å². The fourth-order valence-corrected chi connectivity index (χ4v) is 2.99. The van der Waals surface area contributed by atoms with Crippen molar-refractivity contribution in [3.63, 3.8) is 0 Å². The van der Waals surface area contributed by atoms with Gasteiger partial charge in [-0.05, 0) is 40.5 Å². The summed E-state index contributed by atoms with van der Waals surface area (Å²) in [5, 5.41) is 0. The summed E-state index contributed by atoms with van der Waals surface area (Å²) in [6.07, 6.45) is 4.89. The van der Waals surface area contributed by atoms with Gasteiger partial charge in [0.05, 0.1) is 24.4 Å². The number of hydrogen-bond donors (Lipinski definition) is 0. The van der Waals surface area contributed by atoms with Crippen molar-refractivity contribution in [2.75, 3.05) is 32.8 Å². The van der Waals surface area contributed by atoms with Crippen LogP contribution < -0.4 is 0 Å². The van der Waals surface area contributed by atoms with Crippen molar-refractivity contribution in [3.8, 4) is 0 Å². The zero-order chi connectivity index (χ0) is 15.1. The first-order chi connectivity index (χ1) is 9.82. The lowest BCUT2D eigenvalue weighted by molar-refractivity contribution is 0.00578. The van der Waals surface area contributed by atoms with E-state index in [1.165, 1.54) is 12.8 Å². The maximum Gasteiger partial charge on any atom is 0.486 e. The van der Waals surface area contributed by atoms with Crippen LogP contribution in [0, 0.1) is 5.41 Å². The normalized spacial score (nSPS) is 31.0. The van der Waals surface area contributed by atoms with Crippen molar-refractivity contribution < 1.29 is 14.0 Å². The van der Waals surface area contributed by atoms with Crippen molar-refractivity contribution in [1.29, 1.82) is 0 Å². The molecule has 2 heterocycles. The van der Waals surface area contributed by atoms with Gasteiger partial charge in [0.25, 0.3) is 0 Å². The second-order valence-electron chi connectivity index (χ2n) is 7.73. The van der Waals surface area contributed by atoms with E-state index in [2.05, 4.69) is 44.6 Å². The number of rotatable bonds is 4. The van der Waals surface area contributed by atoms with E-state index in [4.69, 9.17) is 14.0 Å². The van der Waals surface area contributed by atoms with E-state index in [0.717, 1.165) is 32.8 Å². The number of morpholine rings is 1. The molecule has 1 saturated carbocycles. The Morgan fingerprint density at radius 3 is 2.10 bits per heavy atom. The third kappa shape index (κ3) is 3.36. The van der Waals surface area contributed by atoms with Crippen LogP contribution in [0.15, 0.2) is 12.1 Å². The van der Waals surface area contributed by atoms with Gasteiger partial charge in [0.1, 0.15) is 0 Å². The highest BCUT2D eigenvalue weighted by Crippen LogP contribution is 2.48. The molecule has 5 heteroatoms. The maximum absolute atomic E-state index is 6.03. The first-order valence-electron chi connectivity index (χ1n) is 8.17. The summed E-state index contributed by atoms with van der Waals surface area (Å²) < 4.78 is 17.5. The van der Waals surface area contributed by atoms with E-state index in [1.807, 2.05) is 0 Å². The van der Waals surface area contributed by atoms with Crippen LogP contribution in [0.25, 0.3) is 0 Å². The molecule has 0 aromatic heterocycles. The molecule has 0 atom stereocenters. The van der Waals surface area contributed by atoms with Crippen LogP contribution in [0.1, 0.15) is 40.5 Å². The zero-order valence-corrected chi connectivity index (χ0v) is 13.9. The van der Waals surface area contributed by atoms with Gasteiger partial charge >= 0.3 is 7.12 Å². The first kappa shape index (κ1) is 15.5. The predicted molar refractivity (Wildman–Crippen MR) is 84.1 cm³/mol. The van der Waals surface area contributed by atoms with Crippen LogP contribution in [0.2, 0.25) is 0 Å². The van der Waals surface area contributed by atoms with Crippen LogP contribution in [-0.2, 0) is 14.0 Å².